The van der Waals surface area contributed by atoms with Crippen molar-refractivity contribution in [1.82, 2.24) is 0 Å². The Labute approximate surface area is 147 Å². The van der Waals surface area contributed by atoms with Crippen molar-refractivity contribution in [3.05, 3.63) is 36.0 Å². The van der Waals surface area contributed by atoms with E-state index in [0.29, 0.717) is 9.46 Å². The Bertz CT molecular complexity index is 474. The van der Waals surface area contributed by atoms with Crippen molar-refractivity contribution in [2.75, 3.05) is 5.75 Å². The van der Waals surface area contributed by atoms with Crippen LogP contribution in [0.5, 0.6) is 0 Å². The number of hydrogen-bond donors (Lipinski definition) is 0. The third-order valence-corrected chi connectivity index (χ3v) is 6.48. The van der Waals surface area contributed by atoms with E-state index in [1.165, 1.54) is 17.0 Å². The summed E-state index contributed by atoms with van der Waals surface area (Å²) in [5.74, 6) is 1.88. The van der Waals surface area contributed by atoms with Crippen LogP contribution < -0.4 is 0 Å². The minimum atomic E-state index is 0.420. The smallest absolute Gasteiger partial charge is 0.0783 e. The minimum absolute atomic E-state index is 0.420. The number of alkyl halides is 1. The van der Waals surface area contributed by atoms with Crippen LogP contribution in [0.2, 0.25) is 0 Å². The Balaban J connectivity index is 1.67. The molecule has 3 atom stereocenters. The summed E-state index contributed by atoms with van der Waals surface area (Å²) >= 11 is 4.55. The predicted octanol–water partition coefficient (Wildman–Crippen LogP) is 5.96. The molecule has 0 spiro atoms. The Kier molecular flexibility index (Phi) is 6.60. The van der Waals surface area contributed by atoms with Crippen molar-refractivity contribution in [2.24, 2.45) is 10.9 Å². The highest BCUT2D eigenvalue weighted by atomic mass is 127. The van der Waals surface area contributed by atoms with Gasteiger partial charge in [0.25, 0.3) is 0 Å². The average molecular weight is 415 g/mol. The molecule has 0 aromatic rings. The standard InChI is InChI=1S/C18H26INS/c1-4-14(2)10-8-6-5-7-9-11-15-13-21-17(20-15)16-12-18(16,3)19/h6,8-11,15-16H,4-5,7,12-13H2,1-3H3/t15?,16-,18+/m0/s1. The molecular formula is C18H26INS. The number of nitrogens with zero attached hydrogens (tertiary/aromatic N) is 1. The molecule has 1 aliphatic carbocycles. The second-order valence-electron chi connectivity index (χ2n) is 6.18. The van der Waals surface area contributed by atoms with E-state index >= 15 is 0 Å². The summed E-state index contributed by atoms with van der Waals surface area (Å²) in [5.41, 5.74) is 1.44. The van der Waals surface area contributed by atoms with Gasteiger partial charge in [-0.25, -0.2) is 0 Å². The number of hydrogen-bond acceptors (Lipinski definition) is 2. The van der Waals surface area contributed by atoms with Gasteiger partial charge in [0.15, 0.2) is 0 Å². The zero-order valence-corrected chi connectivity index (χ0v) is 16.3. The number of thioether (sulfide) groups is 1. The van der Waals surface area contributed by atoms with Gasteiger partial charge < -0.3 is 0 Å². The third-order valence-electron chi connectivity index (χ3n) is 4.10. The number of unbranched alkanes of at least 4 members (excludes halogenated alkanes) is 1. The summed E-state index contributed by atoms with van der Waals surface area (Å²) in [6.07, 6.45) is 15.9. The molecular weight excluding hydrogens is 389 g/mol. The topological polar surface area (TPSA) is 12.4 Å². The van der Waals surface area contributed by atoms with Crippen molar-refractivity contribution in [3.63, 3.8) is 0 Å². The molecule has 0 radical (unpaired) electrons. The van der Waals surface area contributed by atoms with Crippen LogP contribution >= 0.6 is 34.4 Å². The normalized spacial score (nSPS) is 33.1. The molecule has 1 fully saturated rings. The molecule has 1 nitrogen and oxygen atoms in total. The number of rotatable bonds is 7. The average Bonchev–Trinajstić information content (AvgIpc) is 2.88. The van der Waals surface area contributed by atoms with Crippen molar-refractivity contribution < 1.29 is 0 Å². The maximum atomic E-state index is 4.87. The van der Waals surface area contributed by atoms with Gasteiger partial charge >= 0.3 is 0 Å². The van der Waals surface area contributed by atoms with Gasteiger partial charge in [-0.05, 0) is 39.5 Å². The highest BCUT2D eigenvalue weighted by molar-refractivity contribution is 14.1. The molecule has 3 heteroatoms. The molecule has 0 N–H and O–H groups in total. The van der Waals surface area contributed by atoms with Gasteiger partial charge in [0.2, 0.25) is 0 Å². The van der Waals surface area contributed by atoms with Crippen LogP contribution in [0, 0.1) is 5.92 Å². The van der Waals surface area contributed by atoms with Crippen LogP contribution in [0.25, 0.3) is 0 Å². The number of allylic oxidation sites excluding steroid dienone is 5. The molecule has 2 aliphatic rings. The van der Waals surface area contributed by atoms with Crippen molar-refractivity contribution in [3.8, 4) is 0 Å². The zero-order valence-electron chi connectivity index (χ0n) is 13.3. The number of aliphatic imine (C=N–C) groups is 1. The summed E-state index contributed by atoms with van der Waals surface area (Å²) in [4.78, 5) is 4.87. The first-order valence-corrected chi connectivity index (χ1v) is 9.97. The zero-order chi connectivity index (χ0) is 15.3. The van der Waals surface area contributed by atoms with Crippen LogP contribution in [0.1, 0.15) is 46.5 Å². The molecule has 1 heterocycles. The highest BCUT2D eigenvalue weighted by Crippen LogP contribution is 2.54. The summed E-state index contributed by atoms with van der Waals surface area (Å²) < 4.78 is 0.483. The van der Waals surface area contributed by atoms with Crippen molar-refractivity contribution in [2.45, 2.75) is 55.9 Å². The fraction of sp³-hybridized carbons (Fsp3) is 0.611. The molecule has 0 bridgehead atoms. The highest BCUT2D eigenvalue weighted by Gasteiger charge is 2.51. The van der Waals surface area contributed by atoms with E-state index in [2.05, 4.69) is 73.7 Å². The summed E-state index contributed by atoms with van der Waals surface area (Å²) in [6, 6.07) is 0.420. The van der Waals surface area contributed by atoms with E-state index in [0.717, 1.165) is 30.9 Å². The quantitative estimate of drug-likeness (QED) is 0.164. The first-order valence-electron chi connectivity index (χ1n) is 7.91. The molecule has 0 aromatic carbocycles. The van der Waals surface area contributed by atoms with E-state index in [1.807, 2.05) is 11.8 Å². The predicted molar refractivity (Wildman–Crippen MR) is 106 cm³/mol. The van der Waals surface area contributed by atoms with E-state index in [-0.39, 0.29) is 0 Å². The molecule has 0 aromatic heterocycles. The van der Waals surface area contributed by atoms with Crippen LogP contribution in [0.3, 0.4) is 0 Å². The van der Waals surface area contributed by atoms with Gasteiger partial charge in [0.05, 0.1) is 11.1 Å². The monoisotopic (exact) mass is 415 g/mol. The summed E-state index contributed by atoms with van der Waals surface area (Å²) in [6.45, 7) is 6.71. The van der Waals surface area contributed by atoms with Gasteiger partial charge in [-0.15, -0.1) is 11.8 Å². The van der Waals surface area contributed by atoms with Gasteiger partial charge in [-0.3, -0.25) is 4.99 Å². The van der Waals surface area contributed by atoms with E-state index in [1.54, 1.807) is 0 Å². The molecule has 0 amide bonds. The Hall–Kier alpha value is -0.0300. The van der Waals surface area contributed by atoms with Crippen LogP contribution in [0.15, 0.2) is 40.9 Å². The van der Waals surface area contributed by atoms with Gasteiger partial charge in [-0.1, -0.05) is 65.5 Å². The molecule has 116 valence electrons. The molecule has 21 heavy (non-hydrogen) atoms. The van der Waals surface area contributed by atoms with Crippen LogP contribution in [-0.4, -0.2) is 20.3 Å². The maximum Gasteiger partial charge on any atom is 0.0783 e. The van der Waals surface area contributed by atoms with Gasteiger partial charge in [0, 0.05) is 15.1 Å². The fourth-order valence-corrected chi connectivity index (χ4v) is 4.50. The number of halogens is 1. The van der Waals surface area contributed by atoms with Crippen molar-refractivity contribution in [1.29, 1.82) is 0 Å². The Morgan fingerprint density at radius 3 is 2.81 bits per heavy atom. The summed E-state index contributed by atoms with van der Waals surface area (Å²) in [5, 5.41) is 1.40. The molecule has 1 unspecified atom stereocenters. The SMILES string of the molecule is CCC(C)=CC=CCCC=CC1CSC([C@@H]2C[C@@]2(C)I)=N1. The molecule has 1 aliphatic heterocycles. The van der Waals surface area contributed by atoms with Gasteiger partial charge in [0.1, 0.15) is 0 Å². The van der Waals surface area contributed by atoms with E-state index < -0.39 is 0 Å². The molecule has 0 saturated heterocycles. The Morgan fingerprint density at radius 1 is 1.43 bits per heavy atom. The lowest BCUT2D eigenvalue weighted by Crippen LogP contribution is -2.01. The maximum absolute atomic E-state index is 4.87. The third kappa shape index (κ3) is 5.59. The van der Waals surface area contributed by atoms with Crippen molar-refractivity contribution >= 4 is 39.4 Å². The lowest BCUT2D eigenvalue weighted by molar-refractivity contribution is 0.928. The second-order valence-corrected chi connectivity index (χ2v) is 9.69. The molecule has 1 saturated carbocycles. The molecule has 2 rings (SSSR count). The second kappa shape index (κ2) is 8.00. The minimum Gasteiger partial charge on any atom is -0.274 e. The fourth-order valence-electron chi connectivity index (χ4n) is 2.27. The lowest BCUT2D eigenvalue weighted by atomic mass is 10.2. The first kappa shape index (κ1) is 17.3. The van der Waals surface area contributed by atoms with E-state index in [9.17, 15) is 0 Å². The van der Waals surface area contributed by atoms with E-state index in [4.69, 9.17) is 4.99 Å². The Morgan fingerprint density at radius 2 is 2.14 bits per heavy atom. The largest absolute Gasteiger partial charge is 0.274 e. The van der Waals surface area contributed by atoms with Crippen LogP contribution in [0.4, 0.5) is 0 Å². The van der Waals surface area contributed by atoms with Gasteiger partial charge in [-0.2, -0.15) is 0 Å². The first-order chi connectivity index (χ1) is 10.0. The summed E-state index contributed by atoms with van der Waals surface area (Å²) in [7, 11) is 0. The lowest BCUT2D eigenvalue weighted by Gasteiger charge is -1.99. The van der Waals surface area contributed by atoms with Crippen LogP contribution in [-0.2, 0) is 0 Å².